The van der Waals surface area contributed by atoms with Crippen molar-refractivity contribution < 1.29 is 9.53 Å². The summed E-state index contributed by atoms with van der Waals surface area (Å²) in [5.41, 5.74) is 1.69. The summed E-state index contributed by atoms with van der Waals surface area (Å²) in [5.74, 6) is 0.529. The molecule has 0 radical (unpaired) electrons. The average molecular weight is 328 g/mol. The molecule has 0 spiro atoms. The summed E-state index contributed by atoms with van der Waals surface area (Å²) in [6.45, 7) is 8.29. The van der Waals surface area contributed by atoms with E-state index in [9.17, 15) is 4.79 Å². The van der Waals surface area contributed by atoms with E-state index in [-0.39, 0.29) is 5.91 Å². The van der Waals surface area contributed by atoms with E-state index in [4.69, 9.17) is 4.74 Å². The number of amides is 1. The Morgan fingerprint density at radius 1 is 1.42 bits per heavy atom. The fraction of sp³-hybridized carbons (Fsp3) is 0.533. The Hall–Kier alpha value is -0.870. The molecule has 0 aliphatic rings. The monoisotopic (exact) mass is 327 g/mol. The largest absolute Gasteiger partial charge is 0.381 e. The number of ether oxygens (including phenoxy) is 1. The zero-order valence-electron chi connectivity index (χ0n) is 11.8. The van der Waals surface area contributed by atoms with E-state index in [0.717, 1.165) is 28.6 Å². The van der Waals surface area contributed by atoms with Gasteiger partial charge in [0, 0.05) is 29.8 Å². The molecule has 0 unspecified atom stereocenters. The van der Waals surface area contributed by atoms with Gasteiger partial charge in [-0.25, -0.2) is 0 Å². The fourth-order valence-electron chi connectivity index (χ4n) is 1.64. The average Bonchev–Trinajstić information content (AvgIpc) is 2.36. The highest BCUT2D eigenvalue weighted by Gasteiger charge is 2.09. The maximum atomic E-state index is 12.0. The second kappa shape index (κ2) is 8.33. The Bertz CT molecular complexity index is 419. The van der Waals surface area contributed by atoms with E-state index >= 15 is 0 Å². The van der Waals surface area contributed by atoms with Crippen LogP contribution in [0.2, 0.25) is 0 Å². The standard InChI is InChI=1S/C15H22BrNO2/c1-11(2)10-19-9-5-8-17-15(18)13-6-4-7-14(16)12(13)3/h4,6-7,11H,5,8-10H2,1-3H3,(H,17,18). The van der Waals surface area contributed by atoms with Crippen molar-refractivity contribution in [1.82, 2.24) is 5.32 Å². The van der Waals surface area contributed by atoms with Gasteiger partial charge in [-0.05, 0) is 37.0 Å². The molecule has 0 aliphatic heterocycles. The molecule has 0 bridgehead atoms. The minimum absolute atomic E-state index is 0.0253. The summed E-state index contributed by atoms with van der Waals surface area (Å²) in [6, 6.07) is 5.65. The molecule has 1 amide bonds. The Labute approximate surface area is 123 Å². The Kier molecular flexibility index (Phi) is 7.10. The molecule has 0 saturated heterocycles. The van der Waals surface area contributed by atoms with E-state index in [0.29, 0.717) is 19.1 Å². The van der Waals surface area contributed by atoms with E-state index in [1.165, 1.54) is 0 Å². The van der Waals surface area contributed by atoms with Crippen LogP contribution in [0.1, 0.15) is 36.2 Å². The first-order valence-corrected chi connectivity index (χ1v) is 7.42. The third-order valence-corrected chi connectivity index (χ3v) is 3.57. The van der Waals surface area contributed by atoms with E-state index in [1.54, 1.807) is 0 Å². The van der Waals surface area contributed by atoms with E-state index in [1.807, 2.05) is 25.1 Å². The van der Waals surface area contributed by atoms with E-state index in [2.05, 4.69) is 35.1 Å². The van der Waals surface area contributed by atoms with Gasteiger partial charge in [0.05, 0.1) is 0 Å². The maximum Gasteiger partial charge on any atom is 0.251 e. The number of hydrogen-bond acceptors (Lipinski definition) is 2. The first-order chi connectivity index (χ1) is 9.02. The SMILES string of the molecule is Cc1c(Br)cccc1C(=O)NCCCOCC(C)C. The van der Waals surface area contributed by atoms with Crippen LogP contribution in [-0.2, 0) is 4.74 Å². The first-order valence-electron chi connectivity index (χ1n) is 6.63. The van der Waals surface area contributed by atoms with Gasteiger partial charge < -0.3 is 10.1 Å². The summed E-state index contributed by atoms with van der Waals surface area (Å²) < 4.78 is 6.43. The fourth-order valence-corrected chi connectivity index (χ4v) is 2.01. The zero-order valence-corrected chi connectivity index (χ0v) is 13.4. The molecular formula is C15H22BrNO2. The minimum Gasteiger partial charge on any atom is -0.381 e. The molecule has 1 rings (SSSR count). The van der Waals surface area contributed by atoms with Crippen molar-refractivity contribution in [3.63, 3.8) is 0 Å². The number of benzene rings is 1. The molecular weight excluding hydrogens is 306 g/mol. The van der Waals surface area contributed by atoms with Crippen molar-refractivity contribution in [3.8, 4) is 0 Å². The smallest absolute Gasteiger partial charge is 0.251 e. The number of nitrogens with one attached hydrogen (secondary N) is 1. The minimum atomic E-state index is -0.0253. The lowest BCUT2D eigenvalue weighted by molar-refractivity contribution is 0.0924. The molecule has 0 fully saturated rings. The third-order valence-electron chi connectivity index (χ3n) is 2.71. The van der Waals surface area contributed by atoms with Crippen LogP contribution < -0.4 is 5.32 Å². The Morgan fingerprint density at radius 3 is 2.84 bits per heavy atom. The van der Waals surface area contributed by atoms with Crippen LogP contribution in [0.25, 0.3) is 0 Å². The molecule has 0 aromatic heterocycles. The summed E-state index contributed by atoms with van der Waals surface area (Å²) in [7, 11) is 0. The predicted molar refractivity (Wildman–Crippen MR) is 81.5 cm³/mol. The molecule has 1 aromatic carbocycles. The maximum absolute atomic E-state index is 12.0. The predicted octanol–water partition coefficient (Wildman–Crippen LogP) is 3.55. The van der Waals surface area contributed by atoms with Crippen LogP contribution in [-0.4, -0.2) is 25.7 Å². The van der Waals surface area contributed by atoms with Crippen molar-refractivity contribution in [3.05, 3.63) is 33.8 Å². The van der Waals surface area contributed by atoms with Gasteiger partial charge in [-0.2, -0.15) is 0 Å². The molecule has 0 heterocycles. The molecule has 3 nitrogen and oxygen atoms in total. The lowest BCUT2D eigenvalue weighted by Gasteiger charge is -2.09. The van der Waals surface area contributed by atoms with Crippen molar-refractivity contribution >= 4 is 21.8 Å². The quantitative estimate of drug-likeness (QED) is 0.778. The van der Waals surface area contributed by atoms with Gasteiger partial charge in [-0.3, -0.25) is 4.79 Å². The van der Waals surface area contributed by atoms with Crippen LogP contribution in [0, 0.1) is 12.8 Å². The topological polar surface area (TPSA) is 38.3 Å². The van der Waals surface area contributed by atoms with Gasteiger partial charge in [0.25, 0.3) is 5.91 Å². The van der Waals surface area contributed by atoms with Crippen LogP contribution in [0.15, 0.2) is 22.7 Å². The highest BCUT2D eigenvalue weighted by molar-refractivity contribution is 9.10. The number of carbonyl (C=O) groups excluding carboxylic acids is 1. The molecule has 106 valence electrons. The third kappa shape index (κ3) is 5.74. The second-order valence-electron chi connectivity index (χ2n) is 4.99. The Balaban J connectivity index is 2.30. The van der Waals surface area contributed by atoms with Crippen molar-refractivity contribution in [2.45, 2.75) is 27.2 Å². The van der Waals surface area contributed by atoms with Crippen molar-refractivity contribution in [2.75, 3.05) is 19.8 Å². The molecule has 0 saturated carbocycles. The van der Waals surface area contributed by atoms with Crippen molar-refractivity contribution in [1.29, 1.82) is 0 Å². The van der Waals surface area contributed by atoms with Gasteiger partial charge >= 0.3 is 0 Å². The molecule has 19 heavy (non-hydrogen) atoms. The molecule has 4 heteroatoms. The van der Waals surface area contributed by atoms with Crippen LogP contribution in [0.4, 0.5) is 0 Å². The summed E-state index contributed by atoms with van der Waals surface area (Å²) in [4.78, 5) is 12.0. The van der Waals surface area contributed by atoms with Gasteiger partial charge in [-0.1, -0.05) is 35.8 Å². The number of hydrogen-bond donors (Lipinski definition) is 1. The lowest BCUT2D eigenvalue weighted by atomic mass is 10.1. The van der Waals surface area contributed by atoms with Crippen LogP contribution in [0.3, 0.4) is 0 Å². The normalized spacial score (nSPS) is 10.8. The Morgan fingerprint density at radius 2 is 2.16 bits per heavy atom. The molecule has 0 atom stereocenters. The van der Waals surface area contributed by atoms with Gasteiger partial charge in [0.2, 0.25) is 0 Å². The number of carbonyl (C=O) groups is 1. The van der Waals surface area contributed by atoms with Gasteiger partial charge in [-0.15, -0.1) is 0 Å². The lowest BCUT2D eigenvalue weighted by Crippen LogP contribution is -2.26. The highest BCUT2D eigenvalue weighted by atomic mass is 79.9. The summed E-state index contributed by atoms with van der Waals surface area (Å²) >= 11 is 3.43. The van der Waals surface area contributed by atoms with Crippen LogP contribution >= 0.6 is 15.9 Å². The van der Waals surface area contributed by atoms with Gasteiger partial charge in [0.15, 0.2) is 0 Å². The summed E-state index contributed by atoms with van der Waals surface area (Å²) in [6.07, 6.45) is 0.839. The number of halogens is 1. The first kappa shape index (κ1) is 16.2. The number of rotatable bonds is 7. The zero-order chi connectivity index (χ0) is 14.3. The summed E-state index contributed by atoms with van der Waals surface area (Å²) in [5, 5.41) is 2.92. The molecule has 0 aliphatic carbocycles. The molecule has 1 N–H and O–H groups in total. The van der Waals surface area contributed by atoms with Crippen LogP contribution in [0.5, 0.6) is 0 Å². The highest BCUT2D eigenvalue weighted by Crippen LogP contribution is 2.19. The molecule has 1 aromatic rings. The van der Waals surface area contributed by atoms with E-state index < -0.39 is 0 Å². The van der Waals surface area contributed by atoms with Gasteiger partial charge in [0.1, 0.15) is 0 Å². The second-order valence-corrected chi connectivity index (χ2v) is 5.84. The van der Waals surface area contributed by atoms with Crippen molar-refractivity contribution in [2.24, 2.45) is 5.92 Å².